The van der Waals surface area contributed by atoms with Crippen molar-refractivity contribution >= 4 is 5.91 Å². The second-order valence-electron chi connectivity index (χ2n) is 3.94. The first-order chi connectivity index (χ1) is 8.74. The van der Waals surface area contributed by atoms with Gasteiger partial charge in [-0.15, -0.1) is 0 Å². The average Bonchev–Trinajstić information content (AvgIpc) is 2.42. The zero-order valence-electron chi connectivity index (χ0n) is 10.6. The third kappa shape index (κ3) is 5.77. The van der Waals surface area contributed by atoms with Gasteiger partial charge in [-0.25, -0.2) is 5.48 Å². The molecule has 0 fully saturated rings. The lowest BCUT2D eigenvalue weighted by Gasteiger charge is -2.11. The molecule has 0 saturated carbocycles. The van der Waals surface area contributed by atoms with Crippen LogP contribution in [0.15, 0.2) is 30.3 Å². The van der Waals surface area contributed by atoms with Gasteiger partial charge in [0.05, 0.1) is 19.3 Å². The van der Waals surface area contributed by atoms with Crippen LogP contribution in [0.5, 0.6) is 0 Å². The third-order valence-corrected chi connectivity index (χ3v) is 2.49. The van der Waals surface area contributed by atoms with E-state index in [1.165, 1.54) is 5.56 Å². The standard InChI is InChI=1S/C13H20N2O3/c1-17-9-10-18-15-13(16)12(14)8-7-11-5-3-2-4-6-11/h2-6,12H,7-10,14H2,1H3,(H,15,16)/t12-/m0/s1. The highest BCUT2D eigenvalue weighted by atomic mass is 16.7. The Bertz CT molecular complexity index is 343. The summed E-state index contributed by atoms with van der Waals surface area (Å²) in [5.74, 6) is -0.304. The molecule has 3 N–H and O–H groups in total. The van der Waals surface area contributed by atoms with Crippen molar-refractivity contribution in [2.75, 3.05) is 20.3 Å². The Labute approximate surface area is 107 Å². The number of amides is 1. The van der Waals surface area contributed by atoms with E-state index in [-0.39, 0.29) is 5.91 Å². The number of hydrogen-bond acceptors (Lipinski definition) is 4. The Morgan fingerprint density at radius 1 is 1.33 bits per heavy atom. The predicted octanol–water partition coefficient (Wildman–Crippen LogP) is 0.641. The van der Waals surface area contributed by atoms with Crippen molar-refractivity contribution in [3.05, 3.63) is 35.9 Å². The second-order valence-corrected chi connectivity index (χ2v) is 3.94. The molecule has 0 unspecified atom stereocenters. The minimum absolute atomic E-state index is 0.304. The number of nitrogens with two attached hydrogens (primary N) is 1. The van der Waals surface area contributed by atoms with Gasteiger partial charge in [-0.1, -0.05) is 30.3 Å². The molecule has 0 aliphatic heterocycles. The van der Waals surface area contributed by atoms with Crippen LogP contribution in [0, 0.1) is 0 Å². The van der Waals surface area contributed by atoms with Crippen molar-refractivity contribution in [2.45, 2.75) is 18.9 Å². The molecule has 0 aromatic heterocycles. The highest BCUT2D eigenvalue weighted by Crippen LogP contribution is 2.03. The van der Waals surface area contributed by atoms with Gasteiger partial charge in [0.15, 0.2) is 0 Å². The minimum atomic E-state index is -0.562. The number of carbonyl (C=O) groups is 1. The van der Waals surface area contributed by atoms with Crippen LogP contribution < -0.4 is 11.2 Å². The van der Waals surface area contributed by atoms with Crippen LogP contribution in [0.4, 0.5) is 0 Å². The Morgan fingerprint density at radius 2 is 2.06 bits per heavy atom. The zero-order chi connectivity index (χ0) is 13.2. The summed E-state index contributed by atoms with van der Waals surface area (Å²) in [7, 11) is 1.57. The topological polar surface area (TPSA) is 73.6 Å². The van der Waals surface area contributed by atoms with Crippen LogP contribution in [-0.4, -0.2) is 32.3 Å². The number of hydrogen-bond donors (Lipinski definition) is 2. The van der Waals surface area contributed by atoms with Gasteiger partial charge in [-0.05, 0) is 18.4 Å². The van der Waals surface area contributed by atoms with Crippen molar-refractivity contribution in [1.82, 2.24) is 5.48 Å². The number of rotatable bonds is 8. The van der Waals surface area contributed by atoms with Crippen LogP contribution in [-0.2, 0) is 20.8 Å². The Kier molecular flexibility index (Phi) is 7.01. The van der Waals surface area contributed by atoms with E-state index in [2.05, 4.69) is 5.48 Å². The highest BCUT2D eigenvalue weighted by Gasteiger charge is 2.13. The molecule has 0 aliphatic carbocycles. The minimum Gasteiger partial charge on any atom is -0.382 e. The fourth-order valence-electron chi connectivity index (χ4n) is 1.42. The molecular formula is C13H20N2O3. The molecule has 1 rings (SSSR count). The molecule has 5 nitrogen and oxygen atoms in total. The SMILES string of the molecule is COCCONC(=O)[C@@H](N)CCc1ccccc1. The number of methoxy groups -OCH3 is 1. The molecule has 1 aromatic rings. The molecule has 5 heteroatoms. The lowest BCUT2D eigenvalue weighted by Crippen LogP contribution is -2.41. The summed E-state index contributed by atoms with van der Waals surface area (Å²) in [4.78, 5) is 16.4. The van der Waals surface area contributed by atoms with E-state index in [0.29, 0.717) is 19.6 Å². The van der Waals surface area contributed by atoms with E-state index in [9.17, 15) is 4.79 Å². The molecule has 0 bridgehead atoms. The van der Waals surface area contributed by atoms with Crippen LogP contribution in [0.1, 0.15) is 12.0 Å². The van der Waals surface area contributed by atoms with Crippen LogP contribution in [0.3, 0.4) is 0 Å². The van der Waals surface area contributed by atoms with Crippen molar-refractivity contribution in [3.8, 4) is 0 Å². The summed E-state index contributed by atoms with van der Waals surface area (Å²) in [6.07, 6.45) is 1.36. The van der Waals surface area contributed by atoms with Crippen LogP contribution >= 0.6 is 0 Å². The van der Waals surface area contributed by atoms with Crippen molar-refractivity contribution < 1.29 is 14.4 Å². The van der Waals surface area contributed by atoms with Crippen LogP contribution in [0.25, 0.3) is 0 Å². The van der Waals surface area contributed by atoms with E-state index < -0.39 is 6.04 Å². The molecule has 18 heavy (non-hydrogen) atoms. The van der Waals surface area contributed by atoms with Crippen molar-refractivity contribution in [1.29, 1.82) is 0 Å². The monoisotopic (exact) mass is 252 g/mol. The first kappa shape index (κ1) is 14.6. The Morgan fingerprint density at radius 3 is 2.72 bits per heavy atom. The van der Waals surface area contributed by atoms with Crippen molar-refractivity contribution in [3.63, 3.8) is 0 Å². The summed E-state index contributed by atoms with van der Waals surface area (Å²) >= 11 is 0. The molecule has 100 valence electrons. The second kappa shape index (κ2) is 8.63. The number of hydroxylamine groups is 1. The average molecular weight is 252 g/mol. The predicted molar refractivity (Wildman–Crippen MR) is 68.7 cm³/mol. The maximum absolute atomic E-state index is 11.5. The lowest BCUT2D eigenvalue weighted by atomic mass is 10.1. The normalized spacial score (nSPS) is 12.1. The van der Waals surface area contributed by atoms with Gasteiger partial charge < -0.3 is 10.5 Å². The van der Waals surface area contributed by atoms with E-state index in [1.54, 1.807) is 7.11 Å². The van der Waals surface area contributed by atoms with E-state index in [1.807, 2.05) is 30.3 Å². The number of nitrogens with one attached hydrogen (secondary N) is 1. The smallest absolute Gasteiger partial charge is 0.260 e. The molecule has 1 atom stereocenters. The summed E-state index contributed by atoms with van der Waals surface area (Å²) in [5.41, 5.74) is 9.23. The molecule has 0 spiro atoms. The van der Waals surface area contributed by atoms with Crippen molar-refractivity contribution in [2.24, 2.45) is 5.73 Å². The quantitative estimate of drug-likeness (QED) is 0.526. The number of carbonyl (C=O) groups excluding carboxylic acids is 1. The molecule has 0 aliphatic rings. The molecular weight excluding hydrogens is 232 g/mol. The summed E-state index contributed by atoms with van der Waals surface area (Å²) in [6.45, 7) is 0.743. The third-order valence-electron chi connectivity index (χ3n) is 2.49. The molecule has 1 amide bonds. The Hall–Kier alpha value is -1.43. The molecule has 1 aromatic carbocycles. The van der Waals surface area contributed by atoms with Gasteiger partial charge in [0.2, 0.25) is 0 Å². The van der Waals surface area contributed by atoms with Gasteiger partial charge in [0.1, 0.15) is 0 Å². The fourth-order valence-corrected chi connectivity index (χ4v) is 1.42. The van der Waals surface area contributed by atoms with E-state index in [4.69, 9.17) is 15.3 Å². The van der Waals surface area contributed by atoms with E-state index in [0.717, 1.165) is 6.42 Å². The van der Waals surface area contributed by atoms with Crippen LogP contribution in [0.2, 0.25) is 0 Å². The zero-order valence-corrected chi connectivity index (χ0v) is 10.6. The van der Waals surface area contributed by atoms with Gasteiger partial charge in [-0.2, -0.15) is 0 Å². The maximum atomic E-state index is 11.5. The van der Waals surface area contributed by atoms with Gasteiger partial charge >= 0.3 is 0 Å². The molecule has 0 heterocycles. The first-order valence-corrected chi connectivity index (χ1v) is 5.94. The number of benzene rings is 1. The van der Waals surface area contributed by atoms with Gasteiger partial charge in [0, 0.05) is 7.11 Å². The summed E-state index contributed by atoms with van der Waals surface area (Å²) in [5, 5.41) is 0. The number of ether oxygens (including phenoxy) is 1. The number of aryl methyl sites for hydroxylation is 1. The molecule has 0 radical (unpaired) electrons. The summed E-state index contributed by atoms with van der Waals surface area (Å²) < 4.78 is 4.78. The largest absolute Gasteiger partial charge is 0.382 e. The lowest BCUT2D eigenvalue weighted by molar-refractivity contribution is -0.136. The first-order valence-electron chi connectivity index (χ1n) is 5.94. The molecule has 0 saturated heterocycles. The highest BCUT2D eigenvalue weighted by molar-refractivity contribution is 5.80. The van der Waals surface area contributed by atoms with Gasteiger partial charge in [-0.3, -0.25) is 9.63 Å². The van der Waals surface area contributed by atoms with Gasteiger partial charge in [0.25, 0.3) is 5.91 Å². The van der Waals surface area contributed by atoms with E-state index >= 15 is 0 Å². The summed E-state index contributed by atoms with van der Waals surface area (Å²) in [6, 6.07) is 9.36. The maximum Gasteiger partial charge on any atom is 0.260 e. The fraction of sp³-hybridized carbons (Fsp3) is 0.462. The Balaban J connectivity index is 2.19.